The van der Waals surface area contributed by atoms with Gasteiger partial charge >= 0.3 is 0 Å². The number of hydrogen-bond acceptors (Lipinski definition) is 8. The molecule has 1 saturated heterocycles. The maximum absolute atomic E-state index is 13.1. The van der Waals surface area contributed by atoms with Gasteiger partial charge in [-0.1, -0.05) is 44.2 Å². The van der Waals surface area contributed by atoms with E-state index < -0.39 is 0 Å². The van der Waals surface area contributed by atoms with E-state index in [1.54, 1.807) is 42.5 Å². The van der Waals surface area contributed by atoms with Crippen LogP contribution in [0.2, 0.25) is 0 Å². The van der Waals surface area contributed by atoms with Gasteiger partial charge in [0.1, 0.15) is 18.1 Å². The van der Waals surface area contributed by atoms with Crippen molar-refractivity contribution in [2.24, 2.45) is 0 Å². The number of benzene rings is 3. The molecule has 0 atom stereocenters. The van der Waals surface area contributed by atoms with Crippen LogP contribution >= 0.6 is 11.8 Å². The number of amides is 3. The predicted molar refractivity (Wildman–Crippen MR) is 168 cm³/mol. The van der Waals surface area contributed by atoms with Crippen LogP contribution in [-0.4, -0.2) is 55.4 Å². The highest BCUT2D eigenvalue weighted by Gasteiger charge is 2.35. The number of rotatable bonds is 13. The zero-order valence-corrected chi connectivity index (χ0v) is 25.8. The summed E-state index contributed by atoms with van der Waals surface area (Å²) in [6.45, 7) is 8.60. The van der Waals surface area contributed by atoms with Gasteiger partial charge in [0.25, 0.3) is 17.1 Å². The highest BCUT2D eigenvalue weighted by molar-refractivity contribution is 8.18. The van der Waals surface area contributed by atoms with E-state index >= 15 is 0 Å². The molecule has 3 amide bonds. The molecular weight excluding hydrogens is 568 g/mol. The van der Waals surface area contributed by atoms with E-state index in [2.05, 4.69) is 19.2 Å². The van der Waals surface area contributed by atoms with Crippen LogP contribution in [0.1, 0.15) is 43.4 Å². The van der Waals surface area contributed by atoms with E-state index in [9.17, 15) is 14.4 Å². The summed E-state index contributed by atoms with van der Waals surface area (Å²) in [5.41, 5.74) is 3.35. The Bertz CT molecular complexity index is 1520. The quantitative estimate of drug-likeness (QED) is 0.216. The third-order valence-corrected chi connectivity index (χ3v) is 7.45. The van der Waals surface area contributed by atoms with Gasteiger partial charge in [0.05, 0.1) is 30.9 Å². The second kappa shape index (κ2) is 14.6. The molecule has 1 aliphatic heterocycles. The average molecular weight is 605 g/mol. The molecule has 226 valence electrons. The monoisotopic (exact) mass is 604 g/mol. The van der Waals surface area contributed by atoms with Gasteiger partial charge in [-0.3, -0.25) is 19.3 Å². The van der Waals surface area contributed by atoms with Crippen LogP contribution in [0.3, 0.4) is 0 Å². The van der Waals surface area contributed by atoms with Crippen molar-refractivity contribution in [2.45, 2.75) is 33.6 Å². The van der Waals surface area contributed by atoms with Crippen molar-refractivity contribution >= 4 is 40.6 Å². The fraction of sp³-hybridized carbons (Fsp3) is 0.303. The van der Waals surface area contributed by atoms with E-state index in [0.29, 0.717) is 40.0 Å². The first-order valence-electron chi connectivity index (χ1n) is 14.0. The SMILES string of the molecule is CCOc1ccccc1NC(=O)COc1ccc(/C=C2\SC(=O)N(CCOc3cc(C)ccc3C(C)C)C2=O)cc1OC. The molecule has 10 heteroatoms. The summed E-state index contributed by atoms with van der Waals surface area (Å²) >= 11 is 0.878. The molecule has 0 unspecified atom stereocenters. The van der Waals surface area contributed by atoms with E-state index in [1.807, 2.05) is 38.1 Å². The van der Waals surface area contributed by atoms with Crippen LogP contribution in [0.15, 0.2) is 65.6 Å². The summed E-state index contributed by atoms with van der Waals surface area (Å²) in [5.74, 6) is 1.61. The molecule has 1 aliphatic rings. The minimum atomic E-state index is -0.379. The smallest absolute Gasteiger partial charge is 0.293 e. The Hall–Kier alpha value is -4.44. The van der Waals surface area contributed by atoms with Crippen molar-refractivity contribution in [3.63, 3.8) is 0 Å². The van der Waals surface area contributed by atoms with Gasteiger partial charge < -0.3 is 24.3 Å². The van der Waals surface area contributed by atoms with E-state index in [1.165, 1.54) is 12.0 Å². The second-order valence-corrected chi connectivity index (χ2v) is 11.0. The number of carbonyl (C=O) groups is 3. The number of nitrogens with zero attached hydrogens (tertiary/aromatic N) is 1. The summed E-state index contributed by atoms with van der Waals surface area (Å²) in [4.78, 5) is 39.7. The van der Waals surface area contributed by atoms with Crippen molar-refractivity contribution in [3.05, 3.63) is 82.3 Å². The first-order valence-corrected chi connectivity index (χ1v) is 14.8. The number of carbonyl (C=O) groups excluding carboxylic acids is 3. The number of methoxy groups -OCH3 is 1. The van der Waals surface area contributed by atoms with Gasteiger partial charge in [0.15, 0.2) is 18.1 Å². The van der Waals surface area contributed by atoms with E-state index in [0.717, 1.165) is 28.6 Å². The summed E-state index contributed by atoms with van der Waals surface area (Å²) in [6, 6.07) is 18.3. The molecule has 3 aromatic carbocycles. The maximum atomic E-state index is 13.1. The summed E-state index contributed by atoms with van der Waals surface area (Å²) in [5, 5.41) is 2.43. The Kier molecular flexibility index (Phi) is 10.7. The fourth-order valence-electron chi connectivity index (χ4n) is 4.41. The lowest BCUT2D eigenvalue weighted by molar-refractivity contribution is -0.123. The molecule has 0 aliphatic carbocycles. The molecule has 0 bridgehead atoms. The van der Waals surface area contributed by atoms with Crippen LogP contribution < -0.4 is 24.3 Å². The lowest BCUT2D eigenvalue weighted by Gasteiger charge is -2.17. The molecule has 1 N–H and O–H groups in total. The molecule has 0 radical (unpaired) electrons. The number of aryl methyl sites for hydroxylation is 1. The third-order valence-electron chi connectivity index (χ3n) is 6.54. The first kappa shape index (κ1) is 31.5. The maximum Gasteiger partial charge on any atom is 0.293 e. The van der Waals surface area contributed by atoms with Crippen LogP contribution in [0.5, 0.6) is 23.0 Å². The zero-order valence-electron chi connectivity index (χ0n) is 25.0. The van der Waals surface area contributed by atoms with Gasteiger partial charge in [-0.05, 0) is 84.6 Å². The lowest BCUT2D eigenvalue weighted by Crippen LogP contribution is -2.32. The van der Waals surface area contributed by atoms with Crippen molar-refractivity contribution in [3.8, 4) is 23.0 Å². The molecule has 0 aromatic heterocycles. The van der Waals surface area contributed by atoms with Crippen LogP contribution in [0.4, 0.5) is 10.5 Å². The second-order valence-electron chi connectivity index (χ2n) is 10.1. The normalized spacial score (nSPS) is 13.9. The number of nitrogens with one attached hydrogen (secondary N) is 1. The highest BCUT2D eigenvalue weighted by Crippen LogP contribution is 2.35. The minimum Gasteiger partial charge on any atom is -0.493 e. The largest absolute Gasteiger partial charge is 0.493 e. The van der Waals surface area contributed by atoms with Gasteiger partial charge in [-0.25, -0.2) is 0 Å². The van der Waals surface area contributed by atoms with Crippen LogP contribution in [0, 0.1) is 6.92 Å². The van der Waals surface area contributed by atoms with Crippen molar-refractivity contribution in [1.29, 1.82) is 0 Å². The molecule has 9 nitrogen and oxygen atoms in total. The molecule has 0 spiro atoms. The molecule has 43 heavy (non-hydrogen) atoms. The number of ether oxygens (including phenoxy) is 4. The van der Waals surface area contributed by atoms with Gasteiger partial charge in [0.2, 0.25) is 0 Å². The number of para-hydroxylation sites is 2. The Morgan fingerprint density at radius 2 is 1.74 bits per heavy atom. The number of hydrogen-bond donors (Lipinski definition) is 1. The summed E-state index contributed by atoms with van der Waals surface area (Å²) in [7, 11) is 1.48. The van der Waals surface area contributed by atoms with Gasteiger partial charge in [-0.2, -0.15) is 0 Å². The number of anilines is 1. The molecule has 3 aromatic rings. The highest BCUT2D eigenvalue weighted by atomic mass is 32.2. The average Bonchev–Trinajstić information content (AvgIpc) is 3.24. The lowest BCUT2D eigenvalue weighted by atomic mass is 10.0. The van der Waals surface area contributed by atoms with E-state index in [-0.39, 0.29) is 42.7 Å². The van der Waals surface area contributed by atoms with Crippen molar-refractivity contribution in [1.82, 2.24) is 4.90 Å². The minimum absolute atomic E-state index is 0.140. The Labute approximate surface area is 256 Å². The molecule has 4 rings (SSSR count). The third kappa shape index (κ3) is 8.10. The molecular formula is C33H36N2O7S. The molecule has 1 heterocycles. The summed E-state index contributed by atoms with van der Waals surface area (Å²) in [6.07, 6.45) is 1.63. The topological polar surface area (TPSA) is 103 Å². The Balaban J connectivity index is 1.36. The molecule has 1 fully saturated rings. The predicted octanol–water partition coefficient (Wildman–Crippen LogP) is 6.66. The Morgan fingerprint density at radius 1 is 0.953 bits per heavy atom. The van der Waals surface area contributed by atoms with Gasteiger partial charge in [-0.15, -0.1) is 0 Å². The van der Waals surface area contributed by atoms with Crippen molar-refractivity contribution < 1.29 is 33.3 Å². The Morgan fingerprint density at radius 3 is 2.49 bits per heavy atom. The molecule has 0 saturated carbocycles. The zero-order chi connectivity index (χ0) is 30.9. The summed E-state index contributed by atoms with van der Waals surface area (Å²) < 4.78 is 22.7. The number of thioether (sulfide) groups is 1. The fourth-order valence-corrected chi connectivity index (χ4v) is 5.27. The standard InChI is InChI=1S/C33H36N2O7S/c1-6-40-26-10-8-7-9-25(26)34-31(36)20-42-27-14-12-23(18-29(27)39-5)19-30-32(37)35(33(38)43-30)15-16-41-28-17-22(4)11-13-24(28)21(2)3/h7-14,17-19,21H,6,15-16,20H2,1-5H3,(H,34,36)/b30-19-. The van der Waals surface area contributed by atoms with Gasteiger partial charge in [0, 0.05) is 0 Å². The van der Waals surface area contributed by atoms with Crippen LogP contribution in [0.25, 0.3) is 6.08 Å². The van der Waals surface area contributed by atoms with E-state index in [4.69, 9.17) is 18.9 Å². The number of imide groups is 1. The van der Waals surface area contributed by atoms with Crippen molar-refractivity contribution in [2.75, 3.05) is 38.8 Å². The first-order chi connectivity index (χ1) is 20.7. The van der Waals surface area contributed by atoms with Crippen LogP contribution in [-0.2, 0) is 9.59 Å².